The molecule has 0 amide bonds. The van der Waals surface area contributed by atoms with Gasteiger partial charge in [0.05, 0.1) is 0 Å². The van der Waals surface area contributed by atoms with Crippen LogP contribution in [-0.2, 0) is 0 Å². The molecule has 2 nitrogen and oxygen atoms in total. The Labute approximate surface area is 74.6 Å². The molecule has 0 bridgehead atoms. The van der Waals surface area contributed by atoms with E-state index in [4.69, 9.17) is 7.85 Å². The van der Waals surface area contributed by atoms with Gasteiger partial charge in [-0.2, -0.15) is 0 Å². The molecule has 0 fully saturated rings. The molecule has 0 radical (unpaired) electrons. The maximum atomic E-state index is 5.60. The Morgan fingerprint density at radius 3 is 2.08 bits per heavy atom. The SMILES string of the molecule is [B+2]c1cccc(C(C)C)c1.[OH-].[OH-]. The average Bonchev–Trinajstić information content (AvgIpc) is 1.88. The van der Waals surface area contributed by atoms with E-state index < -0.39 is 0 Å². The third-order valence-corrected chi connectivity index (χ3v) is 1.58. The molecule has 0 aliphatic carbocycles. The molecule has 1 aromatic rings. The van der Waals surface area contributed by atoms with Crippen LogP contribution < -0.4 is 5.46 Å². The van der Waals surface area contributed by atoms with Crippen molar-refractivity contribution in [1.29, 1.82) is 0 Å². The minimum atomic E-state index is 0. The van der Waals surface area contributed by atoms with Crippen molar-refractivity contribution in [3.63, 3.8) is 0 Å². The zero-order valence-electron chi connectivity index (χ0n) is 7.36. The van der Waals surface area contributed by atoms with E-state index in [2.05, 4.69) is 19.9 Å². The summed E-state index contributed by atoms with van der Waals surface area (Å²) in [7, 11) is 5.60. The van der Waals surface area contributed by atoms with Crippen LogP contribution in [0.3, 0.4) is 0 Å². The molecule has 2 N–H and O–H groups in total. The van der Waals surface area contributed by atoms with E-state index in [-0.39, 0.29) is 11.0 Å². The summed E-state index contributed by atoms with van der Waals surface area (Å²) in [5.74, 6) is 0.573. The van der Waals surface area contributed by atoms with Crippen LogP contribution >= 0.6 is 0 Å². The van der Waals surface area contributed by atoms with Crippen molar-refractivity contribution in [3.05, 3.63) is 29.8 Å². The van der Waals surface area contributed by atoms with Gasteiger partial charge in [-0.25, -0.2) is 0 Å². The van der Waals surface area contributed by atoms with Crippen LogP contribution in [0.5, 0.6) is 0 Å². The molecular formula is C9H13BO2. The minimum Gasteiger partial charge on any atom is -0.870 e. The molecule has 0 spiro atoms. The second-order valence-corrected chi connectivity index (χ2v) is 2.82. The smallest absolute Gasteiger partial charge is 0.870 e. The second-order valence-electron chi connectivity index (χ2n) is 2.82. The first kappa shape index (κ1) is 13.8. The van der Waals surface area contributed by atoms with E-state index in [0.29, 0.717) is 5.92 Å². The molecule has 1 rings (SSSR count). The zero-order valence-corrected chi connectivity index (χ0v) is 7.36. The molecule has 0 saturated heterocycles. The standard InChI is InChI=1S/C9H11B.2H2O/c1-7(2)8-4-3-5-9(10)6-8;;/h3-7H,1-2H3;2*1H2/q+2;;/p-2. The van der Waals surface area contributed by atoms with Crippen LogP contribution in [0, 0.1) is 0 Å². The Kier molecular flexibility index (Phi) is 6.66. The van der Waals surface area contributed by atoms with Crippen molar-refractivity contribution in [2.24, 2.45) is 0 Å². The van der Waals surface area contributed by atoms with Gasteiger partial charge < -0.3 is 11.0 Å². The molecule has 0 unspecified atom stereocenters. The Balaban J connectivity index is 0. The predicted octanol–water partition coefficient (Wildman–Crippen LogP) is 1.25. The van der Waals surface area contributed by atoms with E-state index in [1.54, 1.807) is 0 Å². The topological polar surface area (TPSA) is 60.0 Å². The maximum absolute atomic E-state index is 5.60. The molecule has 1 aromatic carbocycles. The number of benzene rings is 1. The fourth-order valence-electron chi connectivity index (χ4n) is 0.918. The summed E-state index contributed by atoms with van der Waals surface area (Å²) in [6.07, 6.45) is 0. The Hall–Kier alpha value is -0.795. The molecule has 0 heterocycles. The Morgan fingerprint density at radius 2 is 1.75 bits per heavy atom. The van der Waals surface area contributed by atoms with Gasteiger partial charge in [0.2, 0.25) is 0 Å². The van der Waals surface area contributed by atoms with Gasteiger partial charge in [0.1, 0.15) is 0 Å². The molecule has 0 saturated carbocycles. The first-order valence-electron chi connectivity index (χ1n) is 3.55. The van der Waals surface area contributed by atoms with Gasteiger partial charge in [-0.1, -0.05) is 0 Å². The molecule has 0 aliphatic heterocycles. The summed E-state index contributed by atoms with van der Waals surface area (Å²) in [5.41, 5.74) is 2.16. The van der Waals surface area contributed by atoms with Crippen molar-refractivity contribution in [1.82, 2.24) is 0 Å². The largest absolute Gasteiger partial charge is 0.870 e. The summed E-state index contributed by atoms with van der Waals surface area (Å²) < 4.78 is 0. The van der Waals surface area contributed by atoms with Crippen LogP contribution in [0.1, 0.15) is 25.3 Å². The fraction of sp³-hybridized carbons (Fsp3) is 0.333. The molecular weight excluding hydrogens is 151 g/mol. The van der Waals surface area contributed by atoms with Crippen molar-refractivity contribution >= 4 is 13.3 Å². The van der Waals surface area contributed by atoms with Crippen molar-refractivity contribution in [2.45, 2.75) is 19.8 Å². The molecule has 0 aliphatic rings. The van der Waals surface area contributed by atoms with Gasteiger partial charge in [0.25, 0.3) is 0 Å². The van der Waals surface area contributed by atoms with Gasteiger partial charge >= 0.3 is 62.9 Å². The Morgan fingerprint density at radius 1 is 1.17 bits per heavy atom. The predicted molar refractivity (Wildman–Crippen MR) is 49.8 cm³/mol. The summed E-state index contributed by atoms with van der Waals surface area (Å²) >= 11 is 0. The average molecular weight is 164 g/mol. The third-order valence-electron chi connectivity index (χ3n) is 1.58. The summed E-state index contributed by atoms with van der Waals surface area (Å²) in [6.45, 7) is 4.32. The van der Waals surface area contributed by atoms with Gasteiger partial charge in [-0.15, -0.1) is 0 Å². The first-order valence-corrected chi connectivity index (χ1v) is 3.55. The zero-order chi connectivity index (χ0) is 7.56. The van der Waals surface area contributed by atoms with E-state index >= 15 is 0 Å². The van der Waals surface area contributed by atoms with Crippen LogP contribution in [0.2, 0.25) is 0 Å². The van der Waals surface area contributed by atoms with E-state index in [1.807, 2.05) is 18.2 Å². The second kappa shape index (κ2) is 5.80. The molecule has 0 atom stereocenters. The van der Waals surface area contributed by atoms with Gasteiger partial charge in [0, 0.05) is 0 Å². The summed E-state index contributed by atoms with van der Waals surface area (Å²) in [5, 5.41) is 0. The normalized spacial score (nSPS) is 8.75. The number of hydrogen-bond acceptors (Lipinski definition) is 2. The van der Waals surface area contributed by atoms with Gasteiger partial charge in [-0.3, -0.25) is 0 Å². The van der Waals surface area contributed by atoms with Crippen LogP contribution in [0.15, 0.2) is 24.3 Å². The molecule has 64 valence electrons. The monoisotopic (exact) mass is 164 g/mol. The Bertz CT molecular complexity index is 224. The van der Waals surface area contributed by atoms with Gasteiger partial charge in [-0.05, 0) is 0 Å². The van der Waals surface area contributed by atoms with Gasteiger partial charge in [0.15, 0.2) is 0 Å². The van der Waals surface area contributed by atoms with E-state index in [9.17, 15) is 0 Å². The van der Waals surface area contributed by atoms with Crippen LogP contribution in [0.25, 0.3) is 0 Å². The minimum absolute atomic E-state index is 0. The van der Waals surface area contributed by atoms with E-state index in [1.165, 1.54) is 5.56 Å². The van der Waals surface area contributed by atoms with E-state index in [0.717, 1.165) is 5.46 Å². The van der Waals surface area contributed by atoms with Crippen LogP contribution in [-0.4, -0.2) is 18.8 Å². The maximum Gasteiger partial charge on any atom is -0.870 e. The molecule has 12 heavy (non-hydrogen) atoms. The number of hydrogen-bond donors (Lipinski definition) is 0. The summed E-state index contributed by atoms with van der Waals surface area (Å²) in [4.78, 5) is 0. The van der Waals surface area contributed by atoms with Crippen molar-refractivity contribution in [3.8, 4) is 0 Å². The first-order chi connectivity index (χ1) is 4.70. The fourth-order valence-corrected chi connectivity index (χ4v) is 0.918. The van der Waals surface area contributed by atoms with Crippen LogP contribution in [0.4, 0.5) is 0 Å². The van der Waals surface area contributed by atoms with Crippen molar-refractivity contribution in [2.75, 3.05) is 0 Å². The summed E-state index contributed by atoms with van der Waals surface area (Å²) in [6, 6.07) is 8.02. The van der Waals surface area contributed by atoms with Crippen molar-refractivity contribution < 1.29 is 11.0 Å². The number of rotatable bonds is 1. The molecule has 3 heteroatoms. The molecule has 0 aromatic heterocycles. The quantitative estimate of drug-likeness (QED) is 0.586. The third kappa shape index (κ3) is 3.55.